The molecule has 0 fully saturated rings. The van der Waals surface area contributed by atoms with Gasteiger partial charge in [0.05, 0.1) is 0 Å². The molecule has 3 N–H and O–H groups in total. The number of rotatable bonds is 5. The minimum Gasteiger partial charge on any atom is -0.271 e. The summed E-state index contributed by atoms with van der Waals surface area (Å²) in [6.45, 7) is 5.38. The van der Waals surface area contributed by atoms with Crippen LogP contribution in [-0.4, -0.2) is 6.54 Å². The van der Waals surface area contributed by atoms with E-state index in [1.165, 1.54) is 19.3 Å². The maximum Gasteiger partial charge on any atom is 0.0126 e. The number of nitrogens with two attached hydrogens (primary N) is 1. The van der Waals surface area contributed by atoms with E-state index < -0.39 is 0 Å². The maximum atomic E-state index is 5.19. The lowest BCUT2D eigenvalue weighted by molar-refractivity contribution is 0.434. The predicted octanol–water partition coefficient (Wildman–Crippen LogP) is 1.70. The fourth-order valence-electron chi connectivity index (χ4n) is 1.03. The zero-order valence-corrected chi connectivity index (χ0v) is 7.71. The van der Waals surface area contributed by atoms with E-state index in [1.807, 2.05) is 0 Å². The minimum absolute atomic E-state index is 0. The molecular weight excluding hydrogens is 148 g/mol. The van der Waals surface area contributed by atoms with Gasteiger partial charge in [-0.15, -0.1) is 12.4 Å². The molecule has 0 bridgehead atoms. The van der Waals surface area contributed by atoms with Gasteiger partial charge < -0.3 is 0 Å². The molecule has 0 aromatic heterocycles. The van der Waals surface area contributed by atoms with Gasteiger partial charge >= 0.3 is 0 Å². The van der Waals surface area contributed by atoms with Crippen molar-refractivity contribution in [1.82, 2.24) is 5.43 Å². The number of halogens is 1. The van der Waals surface area contributed by atoms with Crippen LogP contribution in [0.4, 0.5) is 0 Å². The summed E-state index contributed by atoms with van der Waals surface area (Å²) in [6, 6.07) is 0. The Morgan fingerprint density at radius 1 is 1.40 bits per heavy atom. The van der Waals surface area contributed by atoms with Crippen molar-refractivity contribution in [3.05, 3.63) is 0 Å². The summed E-state index contributed by atoms with van der Waals surface area (Å²) in [5, 5.41) is 0. The van der Waals surface area contributed by atoms with Crippen molar-refractivity contribution in [1.29, 1.82) is 0 Å². The van der Waals surface area contributed by atoms with Crippen LogP contribution in [0.15, 0.2) is 0 Å². The van der Waals surface area contributed by atoms with Crippen LogP contribution in [0.2, 0.25) is 0 Å². The molecule has 64 valence electrons. The smallest absolute Gasteiger partial charge is 0.0126 e. The second-order valence-electron chi connectivity index (χ2n) is 2.47. The van der Waals surface area contributed by atoms with Gasteiger partial charge in [-0.05, 0) is 12.3 Å². The summed E-state index contributed by atoms with van der Waals surface area (Å²) in [5.74, 6) is 5.96. The first kappa shape index (κ1) is 12.8. The normalized spacial score (nSPS) is 12.3. The standard InChI is InChI=1S/C7H18N2.ClH/c1-3-5-7(4-2)6-9-8;/h7,9H,3-6,8H2,1-2H3;1H. The summed E-state index contributed by atoms with van der Waals surface area (Å²) in [7, 11) is 0. The van der Waals surface area contributed by atoms with E-state index in [1.54, 1.807) is 0 Å². The first-order valence-electron chi connectivity index (χ1n) is 3.78. The number of nitrogens with one attached hydrogen (secondary N) is 1. The lowest BCUT2D eigenvalue weighted by atomic mass is 10.0. The summed E-state index contributed by atoms with van der Waals surface area (Å²) >= 11 is 0. The molecule has 0 saturated heterocycles. The van der Waals surface area contributed by atoms with Crippen molar-refractivity contribution in [2.45, 2.75) is 33.1 Å². The van der Waals surface area contributed by atoms with Gasteiger partial charge in [0.1, 0.15) is 0 Å². The molecule has 0 radical (unpaired) electrons. The van der Waals surface area contributed by atoms with Gasteiger partial charge in [0.2, 0.25) is 0 Å². The third-order valence-corrected chi connectivity index (χ3v) is 1.68. The van der Waals surface area contributed by atoms with Crippen molar-refractivity contribution < 1.29 is 0 Å². The van der Waals surface area contributed by atoms with Gasteiger partial charge in [0.15, 0.2) is 0 Å². The van der Waals surface area contributed by atoms with Gasteiger partial charge in [-0.2, -0.15) is 0 Å². The first-order chi connectivity index (χ1) is 4.35. The van der Waals surface area contributed by atoms with Crippen molar-refractivity contribution in [2.24, 2.45) is 11.8 Å². The van der Waals surface area contributed by atoms with Gasteiger partial charge in [0, 0.05) is 6.54 Å². The molecule has 0 aromatic carbocycles. The molecule has 0 rings (SSSR count). The molecule has 0 saturated carbocycles. The van der Waals surface area contributed by atoms with Crippen LogP contribution < -0.4 is 11.3 Å². The third-order valence-electron chi connectivity index (χ3n) is 1.68. The molecule has 10 heavy (non-hydrogen) atoms. The summed E-state index contributed by atoms with van der Waals surface area (Å²) in [6.07, 6.45) is 3.79. The fraction of sp³-hybridized carbons (Fsp3) is 1.00. The Labute approximate surface area is 69.9 Å². The highest BCUT2D eigenvalue weighted by molar-refractivity contribution is 5.85. The maximum absolute atomic E-state index is 5.19. The second kappa shape index (κ2) is 9.21. The van der Waals surface area contributed by atoms with E-state index in [0.29, 0.717) is 0 Å². The Bertz CT molecular complexity index is 53.6. The lowest BCUT2D eigenvalue weighted by Gasteiger charge is -2.11. The molecule has 1 unspecified atom stereocenters. The monoisotopic (exact) mass is 166 g/mol. The summed E-state index contributed by atoms with van der Waals surface area (Å²) < 4.78 is 0. The zero-order valence-electron chi connectivity index (χ0n) is 6.89. The largest absolute Gasteiger partial charge is 0.271 e. The Morgan fingerprint density at radius 2 is 2.00 bits per heavy atom. The molecule has 1 atom stereocenters. The minimum atomic E-state index is 0. The predicted molar refractivity (Wildman–Crippen MR) is 48.1 cm³/mol. The van der Waals surface area contributed by atoms with Crippen molar-refractivity contribution >= 4 is 12.4 Å². The van der Waals surface area contributed by atoms with Crippen LogP contribution in [-0.2, 0) is 0 Å². The van der Waals surface area contributed by atoms with Crippen LogP contribution >= 0.6 is 12.4 Å². The van der Waals surface area contributed by atoms with Gasteiger partial charge in [-0.3, -0.25) is 11.3 Å². The van der Waals surface area contributed by atoms with E-state index in [4.69, 9.17) is 5.84 Å². The Kier molecular flexibility index (Phi) is 11.8. The fourth-order valence-corrected chi connectivity index (χ4v) is 1.03. The molecule has 2 nitrogen and oxygen atoms in total. The van der Waals surface area contributed by atoms with Gasteiger partial charge in [-0.1, -0.05) is 26.7 Å². The topological polar surface area (TPSA) is 38.0 Å². The van der Waals surface area contributed by atoms with Crippen molar-refractivity contribution in [3.63, 3.8) is 0 Å². The van der Waals surface area contributed by atoms with Crippen LogP contribution in [0, 0.1) is 5.92 Å². The molecule has 0 aromatic rings. The number of hydrogen-bond donors (Lipinski definition) is 2. The van der Waals surface area contributed by atoms with Gasteiger partial charge in [0.25, 0.3) is 0 Å². The van der Waals surface area contributed by atoms with Crippen LogP contribution in [0.25, 0.3) is 0 Å². The second-order valence-corrected chi connectivity index (χ2v) is 2.47. The zero-order chi connectivity index (χ0) is 7.11. The third kappa shape index (κ3) is 6.33. The SMILES string of the molecule is CCCC(CC)CNN.Cl. The Balaban J connectivity index is 0. The molecule has 0 aliphatic heterocycles. The van der Waals surface area contributed by atoms with Crippen molar-refractivity contribution in [2.75, 3.05) is 6.54 Å². The molecular formula is C7H19ClN2. The number of hydrazine groups is 1. The first-order valence-corrected chi connectivity index (χ1v) is 3.78. The van der Waals surface area contributed by atoms with Crippen LogP contribution in [0.1, 0.15) is 33.1 Å². The van der Waals surface area contributed by atoms with Crippen LogP contribution in [0.5, 0.6) is 0 Å². The van der Waals surface area contributed by atoms with E-state index >= 15 is 0 Å². The van der Waals surface area contributed by atoms with Gasteiger partial charge in [-0.25, -0.2) is 0 Å². The highest BCUT2D eigenvalue weighted by Gasteiger charge is 2.01. The highest BCUT2D eigenvalue weighted by atomic mass is 35.5. The molecule has 3 heteroatoms. The highest BCUT2D eigenvalue weighted by Crippen LogP contribution is 2.07. The average molecular weight is 167 g/mol. The molecule has 0 aliphatic carbocycles. The summed E-state index contributed by atoms with van der Waals surface area (Å²) in [5.41, 5.74) is 2.70. The summed E-state index contributed by atoms with van der Waals surface area (Å²) in [4.78, 5) is 0. The van der Waals surface area contributed by atoms with Crippen molar-refractivity contribution in [3.8, 4) is 0 Å². The van der Waals surface area contributed by atoms with E-state index in [2.05, 4.69) is 19.3 Å². The molecule has 0 amide bonds. The van der Waals surface area contributed by atoms with E-state index in [9.17, 15) is 0 Å². The molecule has 0 heterocycles. The molecule has 0 spiro atoms. The Hall–Kier alpha value is 0.210. The Morgan fingerprint density at radius 3 is 2.30 bits per heavy atom. The van der Waals surface area contributed by atoms with E-state index in [0.717, 1.165) is 12.5 Å². The molecule has 0 aliphatic rings. The number of hydrogen-bond acceptors (Lipinski definition) is 2. The quantitative estimate of drug-likeness (QED) is 0.482. The van der Waals surface area contributed by atoms with Crippen LogP contribution in [0.3, 0.4) is 0 Å². The van der Waals surface area contributed by atoms with E-state index in [-0.39, 0.29) is 12.4 Å². The lowest BCUT2D eigenvalue weighted by Crippen LogP contribution is -2.28. The average Bonchev–Trinajstić information content (AvgIpc) is 1.88.